The zero-order valence-electron chi connectivity index (χ0n) is 22.8. The van der Waals surface area contributed by atoms with E-state index in [1.165, 1.54) is 18.7 Å². The average Bonchev–Trinajstić information content (AvgIpc) is 3.00. The van der Waals surface area contributed by atoms with Crippen LogP contribution in [0.1, 0.15) is 34.5 Å². The molecule has 4 aromatic rings. The molecule has 0 amide bonds. The Kier molecular flexibility index (Phi) is 7.77. The van der Waals surface area contributed by atoms with Crippen LogP contribution in [0.2, 0.25) is 0 Å². The van der Waals surface area contributed by atoms with E-state index in [-0.39, 0.29) is 17.2 Å². The lowest BCUT2D eigenvalue weighted by atomic mass is 9.95. The van der Waals surface area contributed by atoms with Gasteiger partial charge < -0.3 is 38.6 Å². The summed E-state index contributed by atoms with van der Waals surface area (Å²) in [5, 5.41) is 20.7. The Balaban J connectivity index is 1.52. The van der Waals surface area contributed by atoms with E-state index in [1.54, 1.807) is 27.4 Å². The first kappa shape index (κ1) is 26.9. The number of phenols is 2. The maximum atomic E-state index is 10.4. The first-order chi connectivity index (χ1) is 19.4. The zero-order chi connectivity index (χ0) is 28.2. The van der Waals surface area contributed by atoms with Crippen molar-refractivity contribution in [2.24, 2.45) is 0 Å². The van der Waals surface area contributed by atoms with Crippen molar-refractivity contribution in [1.29, 1.82) is 0 Å². The Morgan fingerprint density at radius 3 is 1.82 bits per heavy atom. The van der Waals surface area contributed by atoms with Crippen LogP contribution in [0.15, 0.2) is 72.8 Å². The predicted octanol–water partition coefficient (Wildman–Crippen LogP) is 6.17. The van der Waals surface area contributed by atoms with E-state index >= 15 is 0 Å². The summed E-state index contributed by atoms with van der Waals surface area (Å²) < 4.78 is 34.8. The lowest BCUT2D eigenvalue weighted by Crippen LogP contribution is -2.27. The lowest BCUT2D eigenvalue weighted by molar-refractivity contribution is 0.0156. The number of phenolic OH excluding ortho intramolecular Hbond substituents is 2. The summed E-state index contributed by atoms with van der Waals surface area (Å²) in [6.45, 7) is 0. The van der Waals surface area contributed by atoms with Crippen LogP contribution in [0.5, 0.6) is 46.0 Å². The fraction of sp³-hybridized carbons (Fsp3) is 0.250. The summed E-state index contributed by atoms with van der Waals surface area (Å²) >= 11 is 0. The zero-order valence-corrected chi connectivity index (χ0v) is 22.8. The molecule has 40 heavy (non-hydrogen) atoms. The van der Waals surface area contributed by atoms with E-state index in [4.69, 9.17) is 28.4 Å². The third-order valence-corrected chi connectivity index (χ3v) is 7.01. The Morgan fingerprint density at radius 1 is 0.600 bits per heavy atom. The van der Waals surface area contributed by atoms with Crippen LogP contribution in [-0.2, 0) is 12.8 Å². The highest BCUT2D eigenvalue weighted by Crippen LogP contribution is 2.52. The second-order valence-electron chi connectivity index (χ2n) is 9.41. The summed E-state index contributed by atoms with van der Waals surface area (Å²) in [5.74, 6) is 2.57. The normalized spacial score (nSPS) is 15.8. The fourth-order valence-corrected chi connectivity index (χ4v) is 4.81. The lowest BCUT2D eigenvalue weighted by Gasteiger charge is -2.35. The molecule has 0 aliphatic carbocycles. The Hall–Kier alpha value is -4.72. The Bertz CT molecular complexity index is 1460. The molecule has 2 atom stereocenters. The van der Waals surface area contributed by atoms with Crippen molar-refractivity contribution in [3.63, 3.8) is 0 Å². The maximum absolute atomic E-state index is 10.4. The summed E-state index contributed by atoms with van der Waals surface area (Å²) in [4.78, 5) is 0. The molecule has 0 saturated heterocycles. The highest BCUT2D eigenvalue weighted by molar-refractivity contribution is 5.57. The summed E-state index contributed by atoms with van der Waals surface area (Å²) in [6, 6.07) is 22.5. The number of aromatic hydroxyl groups is 2. The monoisotopic (exact) mass is 544 g/mol. The highest BCUT2D eigenvalue weighted by atomic mass is 16.6. The van der Waals surface area contributed by atoms with Crippen molar-refractivity contribution >= 4 is 0 Å². The minimum Gasteiger partial charge on any atom is -0.504 e. The van der Waals surface area contributed by atoms with Gasteiger partial charge in [0.15, 0.2) is 35.2 Å². The molecule has 0 saturated carbocycles. The number of benzene rings is 4. The standard InChI is InChI=1S/C32H32O8/c1-35-23-11-7-19(8-12-23)5-6-20-15-27(38-4)32-28(16-20)39-31(22-17-25(33)29(34)26(18-22)37-3)30(40-32)21-9-13-24(36-2)14-10-21/h7-18,30-31,33-34H,5-6H2,1-4H3/t30-,31-/m1/s1. The number of rotatable bonds is 9. The molecule has 208 valence electrons. The van der Waals surface area contributed by atoms with Gasteiger partial charge in [0.25, 0.3) is 0 Å². The minimum absolute atomic E-state index is 0.128. The SMILES string of the molecule is COc1ccc(CCc2cc(OC)c3c(c2)O[C@H](c2cc(O)c(O)c(OC)c2)[C@@H](c2ccc(OC)cc2)O3)cc1. The third kappa shape index (κ3) is 5.38. The van der Waals surface area contributed by atoms with E-state index in [2.05, 4.69) is 0 Å². The molecular formula is C32H32O8. The van der Waals surface area contributed by atoms with Crippen LogP contribution < -0.4 is 28.4 Å². The molecule has 0 spiro atoms. The van der Waals surface area contributed by atoms with Crippen molar-refractivity contribution in [3.8, 4) is 46.0 Å². The Morgan fingerprint density at radius 2 is 1.20 bits per heavy atom. The van der Waals surface area contributed by atoms with E-state index < -0.39 is 12.2 Å². The first-order valence-corrected chi connectivity index (χ1v) is 12.8. The molecule has 0 bridgehead atoms. The van der Waals surface area contributed by atoms with Crippen LogP contribution in [0.3, 0.4) is 0 Å². The quantitative estimate of drug-likeness (QED) is 0.242. The van der Waals surface area contributed by atoms with Crippen LogP contribution >= 0.6 is 0 Å². The van der Waals surface area contributed by atoms with Gasteiger partial charge in [0.05, 0.1) is 28.4 Å². The van der Waals surface area contributed by atoms with Gasteiger partial charge in [-0.25, -0.2) is 0 Å². The largest absolute Gasteiger partial charge is 0.504 e. The van der Waals surface area contributed by atoms with E-state index in [0.717, 1.165) is 29.7 Å². The van der Waals surface area contributed by atoms with Crippen molar-refractivity contribution in [3.05, 3.63) is 95.1 Å². The van der Waals surface area contributed by atoms with E-state index in [1.807, 2.05) is 60.7 Å². The van der Waals surface area contributed by atoms with Gasteiger partial charge in [-0.15, -0.1) is 0 Å². The number of hydrogen-bond donors (Lipinski definition) is 2. The molecule has 4 aromatic carbocycles. The van der Waals surface area contributed by atoms with Crippen molar-refractivity contribution in [2.45, 2.75) is 25.0 Å². The first-order valence-electron chi connectivity index (χ1n) is 12.8. The van der Waals surface area contributed by atoms with Crippen LogP contribution in [0.4, 0.5) is 0 Å². The van der Waals surface area contributed by atoms with Crippen molar-refractivity contribution in [1.82, 2.24) is 0 Å². The fourth-order valence-electron chi connectivity index (χ4n) is 4.81. The van der Waals surface area contributed by atoms with Crippen LogP contribution in [0.25, 0.3) is 0 Å². The molecule has 2 N–H and O–H groups in total. The van der Waals surface area contributed by atoms with Gasteiger partial charge in [0.1, 0.15) is 11.5 Å². The Labute approximate surface area is 233 Å². The second kappa shape index (κ2) is 11.6. The molecule has 8 heteroatoms. The molecule has 0 radical (unpaired) electrons. The molecule has 1 heterocycles. The molecule has 1 aliphatic heterocycles. The minimum atomic E-state index is -0.678. The predicted molar refractivity (Wildman–Crippen MR) is 149 cm³/mol. The molecule has 1 aliphatic rings. The summed E-state index contributed by atoms with van der Waals surface area (Å²) in [7, 11) is 6.28. The average molecular weight is 545 g/mol. The van der Waals surface area contributed by atoms with Crippen molar-refractivity contribution in [2.75, 3.05) is 28.4 Å². The highest BCUT2D eigenvalue weighted by Gasteiger charge is 2.37. The summed E-state index contributed by atoms with van der Waals surface area (Å²) in [5.41, 5.74) is 3.59. The van der Waals surface area contributed by atoms with Crippen molar-refractivity contribution < 1.29 is 38.6 Å². The third-order valence-electron chi connectivity index (χ3n) is 7.01. The molecule has 5 rings (SSSR count). The number of ether oxygens (including phenoxy) is 6. The van der Waals surface area contributed by atoms with Gasteiger partial charge in [-0.2, -0.15) is 0 Å². The number of hydrogen-bond acceptors (Lipinski definition) is 8. The van der Waals surface area contributed by atoms with E-state index in [0.29, 0.717) is 28.6 Å². The number of methoxy groups -OCH3 is 4. The molecule has 0 fully saturated rings. The number of fused-ring (bicyclic) bond motifs is 1. The van der Waals surface area contributed by atoms with Gasteiger partial charge in [-0.05, 0) is 78.1 Å². The molecule has 0 unspecified atom stereocenters. The molecule has 0 aromatic heterocycles. The van der Waals surface area contributed by atoms with Gasteiger partial charge in [0.2, 0.25) is 11.5 Å². The second-order valence-corrected chi connectivity index (χ2v) is 9.41. The molecular weight excluding hydrogens is 512 g/mol. The molecule has 8 nitrogen and oxygen atoms in total. The maximum Gasteiger partial charge on any atom is 0.204 e. The van der Waals surface area contributed by atoms with Gasteiger partial charge in [-0.1, -0.05) is 24.3 Å². The van der Waals surface area contributed by atoms with Crippen LogP contribution in [-0.4, -0.2) is 38.7 Å². The van der Waals surface area contributed by atoms with Crippen LogP contribution in [0, 0.1) is 0 Å². The van der Waals surface area contributed by atoms with Gasteiger partial charge in [-0.3, -0.25) is 0 Å². The summed E-state index contributed by atoms with van der Waals surface area (Å²) in [6.07, 6.45) is 0.280. The smallest absolute Gasteiger partial charge is 0.204 e. The van der Waals surface area contributed by atoms with Gasteiger partial charge in [0, 0.05) is 5.56 Å². The van der Waals surface area contributed by atoms with E-state index in [9.17, 15) is 10.2 Å². The topological polar surface area (TPSA) is 95.8 Å². The van der Waals surface area contributed by atoms with Gasteiger partial charge >= 0.3 is 0 Å². The number of aryl methyl sites for hydroxylation is 2.